The number of carbonyl (C=O) groups excluding carboxylic acids is 3. The molecule has 0 unspecified atom stereocenters. The smallest absolute Gasteiger partial charge is 0.407 e. The quantitative estimate of drug-likeness (QED) is 0.577. The normalized spacial score (nSPS) is 22.1. The summed E-state index contributed by atoms with van der Waals surface area (Å²) in [5.41, 5.74) is -0.247. The second-order valence-corrected chi connectivity index (χ2v) is 9.95. The first-order valence-electron chi connectivity index (χ1n) is 11.8. The van der Waals surface area contributed by atoms with Gasteiger partial charge in [0.05, 0.1) is 0 Å². The van der Waals surface area contributed by atoms with Gasteiger partial charge in [-0.1, -0.05) is 25.4 Å². The lowest BCUT2D eigenvalue weighted by Crippen LogP contribution is -2.44. The lowest BCUT2D eigenvalue weighted by molar-refractivity contribution is -0.120. The Hall–Kier alpha value is -2.38. The molecule has 0 radical (unpaired) electrons. The molecule has 2 N–H and O–H groups in total. The fourth-order valence-corrected chi connectivity index (χ4v) is 4.32. The molecule has 1 heterocycles. The van der Waals surface area contributed by atoms with E-state index in [1.54, 1.807) is 26.8 Å². The highest BCUT2D eigenvalue weighted by molar-refractivity contribution is 5.92. The van der Waals surface area contributed by atoms with Crippen LogP contribution in [0.25, 0.3) is 0 Å². The predicted octanol–water partition coefficient (Wildman–Crippen LogP) is 4.42. The average Bonchev–Trinajstić information content (AvgIpc) is 3.16. The van der Waals surface area contributed by atoms with Crippen LogP contribution in [0.15, 0.2) is 10.6 Å². The molecule has 0 aromatic carbocycles. The van der Waals surface area contributed by atoms with Crippen LogP contribution in [0.4, 0.5) is 4.79 Å². The number of aromatic nitrogens is 1. The Morgan fingerprint density at radius 1 is 1.25 bits per heavy atom. The van der Waals surface area contributed by atoms with E-state index in [-0.39, 0.29) is 23.8 Å². The molecule has 180 valence electrons. The highest BCUT2D eigenvalue weighted by Gasteiger charge is 2.32. The van der Waals surface area contributed by atoms with Crippen LogP contribution in [0.2, 0.25) is 0 Å². The minimum atomic E-state index is -0.566. The van der Waals surface area contributed by atoms with Crippen LogP contribution >= 0.6 is 0 Å². The number of alkyl carbamates (subject to hydrolysis) is 1. The number of hydrogen-bond donors (Lipinski definition) is 2. The van der Waals surface area contributed by atoms with Crippen molar-refractivity contribution in [2.75, 3.05) is 0 Å². The third-order valence-corrected chi connectivity index (χ3v) is 5.89. The molecule has 0 bridgehead atoms. The Morgan fingerprint density at radius 3 is 2.56 bits per heavy atom. The van der Waals surface area contributed by atoms with E-state index in [0.29, 0.717) is 42.6 Å². The summed E-state index contributed by atoms with van der Waals surface area (Å²) in [4.78, 5) is 37.0. The number of ketones is 1. The molecule has 8 heteroatoms. The van der Waals surface area contributed by atoms with Crippen molar-refractivity contribution in [2.24, 2.45) is 11.8 Å². The monoisotopic (exact) mass is 449 g/mol. The van der Waals surface area contributed by atoms with Crippen LogP contribution in [-0.4, -0.2) is 40.6 Å². The van der Waals surface area contributed by atoms with Crippen molar-refractivity contribution in [1.29, 1.82) is 0 Å². The molecule has 1 fully saturated rings. The summed E-state index contributed by atoms with van der Waals surface area (Å²) in [5.74, 6) is 1.26. The van der Waals surface area contributed by atoms with Crippen molar-refractivity contribution in [1.82, 2.24) is 15.8 Å². The maximum atomic E-state index is 12.6. The van der Waals surface area contributed by atoms with Gasteiger partial charge in [-0.3, -0.25) is 9.59 Å². The summed E-state index contributed by atoms with van der Waals surface area (Å²) in [5, 5.41) is 9.70. The van der Waals surface area contributed by atoms with Crippen LogP contribution in [0.5, 0.6) is 0 Å². The van der Waals surface area contributed by atoms with Crippen molar-refractivity contribution in [3.05, 3.63) is 17.5 Å². The SMILES string of the molecule is CCc1cc(C(=O)N[C@H]2CC[C@H](CC(=O)C[C@@H](C)NC(=O)OC(C)(C)C)C[C@H]2CC)no1. The Balaban J connectivity index is 1.80. The highest BCUT2D eigenvalue weighted by Crippen LogP contribution is 2.34. The van der Waals surface area contributed by atoms with E-state index in [2.05, 4.69) is 22.7 Å². The molecule has 0 aliphatic heterocycles. The molecule has 32 heavy (non-hydrogen) atoms. The van der Waals surface area contributed by atoms with E-state index in [1.165, 1.54) is 0 Å². The maximum absolute atomic E-state index is 12.6. The summed E-state index contributed by atoms with van der Waals surface area (Å²) in [6, 6.07) is 1.49. The van der Waals surface area contributed by atoms with Gasteiger partial charge in [0, 0.05) is 37.4 Å². The Morgan fingerprint density at radius 2 is 1.97 bits per heavy atom. The van der Waals surface area contributed by atoms with Crippen LogP contribution < -0.4 is 10.6 Å². The minimum absolute atomic E-state index is 0.0772. The molecule has 1 aromatic rings. The number of amides is 2. The van der Waals surface area contributed by atoms with Crippen LogP contribution in [0.3, 0.4) is 0 Å². The molecular weight excluding hydrogens is 410 g/mol. The van der Waals surface area contributed by atoms with Gasteiger partial charge in [0.1, 0.15) is 17.1 Å². The van der Waals surface area contributed by atoms with E-state index in [0.717, 1.165) is 25.7 Å². The number of nitrogens with zero attached hydrogens (tertiary/aromatic N) is 1. The molecule has 8 nitrogen and oxygen atoms in total. The zero-order chi connectivity index (χ0) is 23.9. The fraction of sp³-hybridized carbons (Fsp3) is 0.750. The van der Waals surface area contributed by atoms with E-state index in [9.17, 15) is 14.4 Å². The average molecular weight is 450 g/mol. The van der Waals surface area contributed by atoms with E-state index < -0.39 is 11.7 Å². The molecule has 0 spiro atoms. The van der Waals surface area contributed by atoms with Gasteiger partial charge in [0.2, 0.25) is 0 Å². The summed E-state index contributed by atoms with van der Waals surface area (Å²) >= 11 is 0. The van der Waals surface area contributed by atoms with Gasteiger partial charge < -0.3 is 19.9 Å². The standard InChI is InChI=1S/C24H39N3O5/c1-7-17-12-16(13-18(28)11-15(3)25-23(30)31-24(4,5)6)9-10-20(17)26-22(29)21-14-19(8-2)32-27-21/h14-17,20H,7-13H2,1-6H3,(H,25,30)(H,26,29)/t15-,16+,17-,20+/m1/s1. The Bertz CT molecular complexity index is 783. The number of rotatable bonds is 9. The summed E-state index contributed by atoms with van der Waals surface area (Å²) < 4.78 is 10.4. The van der Waals surface area contributed by atoms with E-state index in [1.807, 2.05) is 13.8 Å². The lowest BCUT2D eigenvalue weighted by Gasteiger charge is -2.36. The van der Waals surface area contributed by atoms with Crippen molar-refractivity contribution in [2.45, 2.75) is 104 Å². The summed E-state index contributed by atoms with van der Waals surface area (Å²) in [6.07, 6.45) is 4.55. The first-order chi connectivity index (χ1) is 15.0. The number of Topliss-reactive ketones (excluding diaryl/α,β-unsaturated/α-hetero) is 1. The highest BCUT2D eigenvalue weighted by atomic mass is 16.6. The van der Waals surface area contributed by atoms with Gasteiger partial charge in [-0.2, -0.15) is 0 Å². The van der Waals surface area contributed by atoms with Gasteiger partial charge >= 0.3 is 6.09 Å². The van der Waals surface area contributed by atoms with Crippen molar-refractivity contribution in [3.8, 4) is 0 Å². The zero-order valence-electron chi connectivity index (χ0n) is 20.3. The number of carbonyl (C=O) groups is 3. The predicted molar refractivity (Wildman–Crippen MR) is 121 cm³/mol. The third-order valence-electron chi connectivity index (χ3n) is 5.89. The molecule has 1 aliphatic rings. The van der Waals surface area contributed by atoms with Crippen LogP contribution in [0, 0.1) is 11.8 Å². The number of aryl methyl sites for hydroxylation is 1. The van der Waals surface area contributed by atoms with Gasteiger partial charge in [-0.25, -0.2) is 4.79 Å². The molecule has 2 rings (SSSR count). The lowest BCUT2D eigenvalue weighted by atomic mass is 9.74. The number of ether oxygens (including phenoxy) is 1. The minimum Gasteiger partial charge on any atom is -0.444 e. The van der Waals surface area contributed by atoms with Gasteiger partial charge in [-0.05, 0) is 58.8 Å². The Labute approximate surface area is 191 Å². The molecule has 1 saturated carbocycles. The maximum Gasteiger partial charge on any atom is 0.407 e. The molecule has 0 saturated heterocycles. The van der Waals surface area contributed by atoms with Gasteiger partial charge in [0.15, 0.2) is 5.69 Å². The van der Waals surface area contributed by atoms with Crippen molar-refractivity contribution in [3.63, 3.8) is 0 Å². The number of nitrogens with one attached hydrogen (secondary N) is 2. The first-order valence-corrected chi connectivity index (χ1v) is 11.8. The molecular formula is C24H39N3O5. The van der Waals surface area contributed by atoms with E-state index >= 15 is 0 Å². The molecule has 1 aliphatic carbocycles. The molecule has 2 amide bonds. The van der Waals surface area contributed by atoms with Crippen molar-refractivity contribution >= 4 is 17.8 Å². The van der Waals surface area contributed by atoms with Crippen molar-refractivity contribution < 1.29 is 23.6 Å². The Kier molecular flexibility index (Phi) is 9.28. The summed E-state index contributed by atoms with van der Waals surface area (Å²) in [6.45, 7) is 11.3. The second kappa shape index (κ2) is 11.5. The van der Waals surface area contributed by atoms with Gasteiger partial charge in [-0.15, -0.1) is 0 Å². The topological polar surface area (TPSA) is 111 Å². The largest absolute Gasteiger partial charge is 0.444 e. The third kappa shape index (κ3) is 8.28. The number of hydrogen-bond acceptors (Lipinski definition) is 6. The summed E-state index contributed by atoms with van der Waals surface area (Å²) in [7, 11) is 0. The second-order valence-electron chi connectivity index (χ2n) is 9.95. The van der Waals surface area contributed by atoms with Gasteiger partial charge in [0.25, 0.3) is 5.91 Å². The van der Waals surface area contributed by atoms with Crippen LogP contribution in [-0.2, 0) is 16.0 Å². The zero-order valence-corrected chi connectivity index (χ0v) is 20.3. The molecule has 4 atom stereocenters. The van der Waals surface area contributed by atoms with Crippen LogP contribution in [0.1, 0.15) is 96.3 Å². The van der Waals surface area contributed by atoms with E-state index in [4.69, 9.17) is 9.26 Å². The molecule has 1 aromatic heterocycles. The first kappa shape index (κ1) is 25.9. The fourth-order valence-electron chi connectivity index (χ4n) is 4.32.